The van der Waals surface area contributed by atoms with E-state index in [-0.39, 0.29) is 59.3 Å². The third-order valence-corrected chi connectivity index (χ3v) is 16.6. The average molecular weight is 972 g/mol. The number of carbonyl (C=O) groups excluding carboxylic acids is 4. The highest BCUT2D eigenvalue weighted by Crippen LogP contribution is 2.54. The van der Waals surface area contributed by atoms with Crippen LogP contribution in [0.1, 0.15) is 154 Å². The average Bonchev–Trinajstić information content (AvgIpc) is 4.26. The molecule has 5 aromatic rings. The van der Waals surface area contributed by atoms with E-state index in [9.17, 15) is 14.9 Å². The van der Waals surface area contributed by atoms with Crippen molar-refractivity contribution in [1.82, 2.24) is 34.2 Å². The number of fused-ring (bicyclic) bond motifs is 6. The van der Waals surface area contributed by atoms with Crippen molar-refractivity contribution in [3.8, 4) is 6.07 Å². The Bertz CT molecular complexity index is 2870. The van der Waals surface area contributed by atoms with Gasteiger partial charge >= 0.3 is 5.97 Å². The molecule has 16 nitrogen and oxygen atoms in total. The molecular formula is C56H65N11O5. The molecule has 16 heteroatoms. The van der Waals surface area contributed by atoms with Crippen molar-refractivity contribution in [2.45, 2.75) is 128 Å². The summed E-state index contributed by atoms with van der Waals surface area (Å²) in [6.07, 6.45) is 13.1. The van der Waals surface area contributed by atoms with Gasteiger partial charge in [-0.25, -0.2) is 9.97 Å². The van der Waals surface area contributed by atoms with E-state index in [0.717, 1.165) is 73.3 Å². The molecule has 11 atom stereocenters. The molecule has 4 fully saturated rings. The van der Waals surface area contributed by atoms with E-state index in [1.54, 1.807) is 73.1 Å². The lowest BCUT2D eigenvalue weighted by molar-refractivity contribution is -0.182. The number of imidazole rings is 2. The van der Waals surface area contributed by atoms with Crippen molar-refractivity contribution in [3.05, 3.63) is 131 Å². The summed E-state index contributed by atoms with van der Waals surface area (Å²) < 4.78 is 8.55. The fourth-order valence-electron chi connectivity index (χ4n) is 13.1. The van der Waals surface area contributed by atoms with E-state index in [4.69, 9.17) is 15.5 Å². The van der Waals surface area contributed by atoms with E-state index in [2.05, 4.69) is 44.9 Å². The van der Waals surface area contributed by atoms with Gasteiger partial charge in [-0.15, -0.1) is 0 Å². The Kier molecular flexibility index (Phi) is 12.6. The number of nitrogens with zero attached hydrogens (tertiary/aromatic N) is 7. The van der Waals surface area contributed by atoms with Crippen molar-refractivity contribution in [3.63, 3.8) is 0 Å². The number of anilines is 2. The molecule has 2 aromatic heterocycles. The summed E-state index contributed by atoms with van der Waals surface area (Å²) in [4.78, 5) is 79.5. The van der Waals surface area contributed by atoms with Gasteiger partial charge in [0.25, 0.3) is 12.3 Å². The maximum atomic E-state index is 15.8. The third kappa shape index (κ3) is 8.38. The van der Waals surface area contributed by atoms with Gasteiger partial charge in [-0.05, 0) is 107 Å². The summed E-state index contributed by atoms with van der Waals surface area (Å²) in [5.41, 5.74) is 10.2. The molecule has 3 amide bonds. The van der Waals surface area contributed by atoms with Gasteiger partial charge in [0.15, 0.2) is 0 Å². The van der Waals surface area contributed by atoms with Crippen LogP contribution in [0.4, 0.5) is 11.4 Å². The van der Waals surface area contributed by atoms with Crippen molar-refractivity contribution in [2.75, 3.05) is 23.7 Å². The number of aromatic amines is 1. The minimum atomic E-state index is -1.39. The summed E-state index contributed by atoms with van der Waals surface area (Å²) in [5, 5.41) is 17.3. The number of amides is 3. The van der Waals surface area contributed by atoms with E-state index >= 15 is 9.59 Å². The second kappa shape index (κ2) is 19.2. The summed E-state index contributed by atoms with van der Waals surface area (Å²) >= 11 is 0. The molecule has 2 aliphatic carbocycles. The van der Waals surface area contributed by atoms with Crippen LogP contribution in [0.2, 0.25) is 0 Å². The van der Waals surface area contributed by atoms with E-state index < -0.39 is 41.6 Å². The minimum absolute atomic E-state index is 0.0283. The lowest BCUT2D eigenvalue weighted by atomic mass is 9.80. The molecule has 2 saturated carbocycles. The topological polar surface area (TPSA) is 208 Å². The zero-order valence-electron chi connectivity index (χ0n) is 41.3. The van der Waals surface area contributed by atoms with Crippen molar-refractivity contribution >= 4 is 35.1 Å². The lowest BCUT2D eigenvalue weighted by Gasteiger charge is -2.46. The van der Waals surface area contributed by atoms with Gasteiger partial charge in [0, 0.05) is 78.7 Å². The molecule has 4 aliphatic heterocycles. The molecule has 11 unspecified atom stereocenters. The highest BCUT2D eigenvalue weighted by atomic mass is 16.6. The monoisotopic (exact) mass is 972 g/mol. The Morgan fingerprint density at radius 2 is 1.35 bits per heavy atom. The number of carbonyl (C=O) groups is 4. The molecule has 5 N–H and O–H groups in total. The van der Waals surface area contributed by atoms with E-state index in [1.165, 1.54) is 0 Å². The molecule has 0 radical (unpaired) electrons. The molecule has 3 aromatic carbocycles. The van der Waals surface area contributed by atoms with Crippen LogP contribution in [0.25, 0.3) is 0 Å². The number of hydrogen-bond acceptors (Lipinski definition) is 11. The molecule has 6 aliphatic rings. The number of H-pyrrole nitrogens is 1. The SMILES string of the molecule is CC(C)(C)C(=O)OC(N(C(=O)c1ccc(C#N)cc1)C1CCCCC1C(=O)N1CCC2C(c3ncc[nH]3)Nc3ccccc3C21)n1ccnc1C1Nc2ccccc2C2C1CCN2C(=O)C1CCCCC1N. The van der Waals surface area contributed by atoms with Gasteiger partial charge in [0.1, 0.15) is 11.6 Å². The van der Waals surface area contributed by atoms with Gasteiger partial charge in [-0.1, -0.05) is 62.1 Å². The molecule has 6 heterocycles. The van der Waals surface area contributed by atoms with Gasteiger partial charge in [0.05, 0.1) is 53.1 Å². The molecular weight excluding hydrogens is 907 g/mol. The Morgan fingerprint density at radius 3 is 1.97 bits per heavy atom. The molecule has 374 valence electrons. The van der Waals surface area contributed by atoms with Gasteiger partial charge in [0.2, 0.25) is 11.8 Å². The number of nitriles is 1. The molecule has 2 saturated heterocycles. The normalized spacial score (nSPS) is 27.9. The first-order valence-corrected chi connectivity index (χ1v) is 26.0. The molecule has 11 rings (SSSR count). The van der Waals surface area contributed by atoms with Crippen LogP contribution in [0, 0.1) is 40.4 Å². The highest BCUT2D eigenvalue weighted by Gasteiger charge is 2.53. The quantitative estimate of drug-likeness (QED) is 0.0813. The number of hydrogen-bond donors (Lipinski definition) is 4. The van der Waals surface area contributed by atoms with Gasteiger partial charge < -0.3 is 35.9 Å². The number of ether oxygens (including phenoxy) is 1. The first-order valence-electron chi connectivity index (χ1n) is 26.0. The summed E-state index contributed by atoms with van der Waals surface area (Å²) in [5.74, 6) is -0.612. The first-order chi connectivity index (χ1) is 34.9. The number of benzene rings is 3. The second-order valence-corrected chi connectivity index (χ2v) is 21.8. The predicted molar refractivity (Wildman–Crippen MR) is 269 cm³/mol. The van der Waals surface area contributed by atoms with Gasteiger partial charge in [-0.3, -0.25) is 28.6 Å². The molecule has 0 spiro atoms. The minimum Gasteiger partial charge on any atom is -0.421 e. The Morgan fingerprint density at radius 1 is 0.750 bits per heavy atom. The van der Waals surface area contributed by atoms with Crippen LogP contribution in [0.15, 0.2) is 97.6 Å². The summed E-state index contributed by atoms with van der Waals surface area (Å²) in [6, 6.07) is 22.8. The van der Waals surface area contributed by atoms with Crippen LogP contribution < -0.4 is 16.4 Å². The fourth-order valence-corrected chi connectivity index (χ4v) is 13.1. The third-order valence-electron chi connectivity index (χ3n) is 16.6. The number of para-hydroxylation sites is 2. The van der Waals surface area contributed by atoms with Crippen molar-refractivity contribution in [1.29, 1.82) is 5.26 Å². The standard InChI is InChI=1S/C56H65N11O5/c1-56(2,3)54(71)72-55(66-31-28-61-50(66)46-40-25-30-64(52(69)35-12-4-8-16-41(35)58)48(40)37-14-6-10-18-43(37)63-46)67(51(68)34-22-20-33(32-57)21-23-34)44-19-11-7-15-38(44)53(70)65-29-24-39-45(49-59-26-27-60-49)62-42-17-9-5-13-36(42)47(39)65/h5-6,9-10,13-14,17-18,20-23,26-28,31,35,38-41,44-48,55,62-63H,4,7-8,11-12,15-16,19,24-25,29-30,58H2,1-3H3,(H,59,60). The molecule has 72 heavy (non-hydrogen) atoms. The predicted octanol–water partition coefficient (Wildman–Crippen LogP) is 8.55. The highest BCUT2D eigenvalue weighted by molar-refractivity contribution is 5.95. The van der Waals surface area contributed by atoms with Crippen LogP contribution >= 0.6 is 0 Å². The fraction of sp³-hybridized carbons (Fsp3) is 0.482. The van der Waals surface area contributed by atoms with Gasteiger partial charge in [-0.2, -0.15) is 5.26 Å². The number of esters is 1. The van der Waals surface area contributed by atoms with Crippen molar-refractivity contribution < 1.29 is 23.9 Å². The number of aromatic nitrogens is 4. The van der Waals surface area contributed by atoms with Crippen LogP contribution in [0.3, 0.4) is 0 Å². The van der Waals surface area contributed by atoms with Crippen LogP contribution in [-0.2, 0) is 19.1 Å². The van der Waals surface area contributed by atoms with Crippen LogP contribution in [0.5, 0.6) is 0 Å². The van der Waals surface area contributed by atoms with E-state index in [0.29, 0.717) is 43.7 Å². The maximum Gasteiger partial charge on any atom is 0.314 e. The Labute approximate surface area is 420 Å². The number of rotatable bonds is 9. The lowest BCUT2D eigenvalue weighted by Crippen LogP contribution is -2.55. The number of nitrogens with one attached hydrogen (secondary N) is 3. The Hall–Kier alpha value is -6.99. The van der Waals surface area contributed by atoms with Crippen molar-refractivity contribution in [2.24, 2.45) is 34.8 Å². The maximum absolute atomic E-state index is 15.8. The Balaban J connectivity index is 1.01. The number of nitrogens with two attached hydrogens (primary N) is 1. The first kappa shape index (κ1) is 47.3. The summed E-state index contributed by atoms with van der Waals surface area (Å²) in [7, 11) is 0. The second-order valence-electron chi connectivity index (χ2n) is 21.8. The smallest absolute Gasteiger partial charge is 0.314 e. The van der Waals surface area contributed by atoms with E-state index in [1.807, 2.05) is 46.3 Å². The summed E-state index contributed by atoms with van der Waals surface area (Å²) in [6.45, 7) is 6.41. The van der Waals surface area contributed by atoms with Crippen LogP contribution in [-0.4, -0.2) is 83.1 Å². The zero-order chi connectivity index (χ0) is 49.8. The number of likely N-dealkylation sites (tertiary alicyclic amines) is 2. The largest absolute Gasteiger partial charge is 0.421 e. The zero-order valence-corrected chi connectivity index (χ0v) is 41.3. The molecule has 0 bridgehead atoms.